The van der Waals surface area contributed by atoms with Crippen molar-refractivity contribution < 1.29 is 9.50 Å². The Morgan fingerprint density at radius 3 is 2.69 bits per heavy atom. The molecule has 16 heavy (non-hydrogen) atoms. The molecule has 1 aromatic rings. The molecule has 0 saturated carbocycles. The van der Waals surface area contributed by atoms with E-state index in [1.807, 2.05) is 6.92 Å². The number of halogens is 2. The largest absolute Gasteiger partial charge is 0.392 e. The number of rotatable bonds is 5. The van der Waals surface area contributed by atoms with Gasteiger partial charge in [-0.05, 0) is 25.5 Å². The SMILES string of the molecule is CCC(NCC(C)O)c1c(F)cccc1Cl. The summed E-state index contributed by atoms with van der Waals surface area (Å²) in [6.45, 7) is 4.05. The summed E-state index contributed by atoms with van der Waals surface area (Å²) in [5, 5.41) is 12.7. The molecule has 0 radical (unpaired) electrons. The van der Waals surface area contributed by atoms with Crippen molar-refractivity contribution in [3.63, 3.8) is 0 Å². The molecular weight excluding hydrogens is 229 g/mol. The number of aliphatic hydroxyl groups is 1. The van der Waals surface area contributed by atoms with Gasteiger partial charge in [0, 0.05) is 23.2 Å². The molecule has 0 spiro atoms. The van der Waals surface area contributed by atoms with Gasteiger partial charge in [-0.25, -0.2) is 4.39 Å². The van der Waals surface area contributed by atoms with Crippen LogP contribution in [0, 0.1) is 5.82 Å². The lowest BCUT2D eigenvalue weighted by atomic mass is 10.0. The Morgan fingerprint density at radius 2 is 2.19 bits per heavy atom. The van der Waals surface area contributed by atoms with Crippen molar-refractivity contribution in [2.75, 3.05) is 6.54 Å². The van der Waals surface area contributed by atoms with Crippen molar-refractivity contribution in [3.05, 3.63) is 34.6 Å². The summed E-state index contributed by atoms with van der Waals surface area (Å²) in [6.07, 6.45) is 0.257. The van der Waals surface area contributed by atoms with Crippen molar-refractivity contribution in [3.8, 4) is 0 Å². The molecule has 0 bridgehead atoms. The van der Waals surface area contributed by atoms with Gasteiger partial charge in [-0.1, -0.05) is 24.6 Å². The first-order valence-corrected chi connectivity index (χ1v) is 5.79. The van der Waals surface area contributed by atoms with Crippen molar-refractivity contribution >= 4 is 11.6 Å². The summed E-state index contributed by atoms with van der Waals surface area (Å²) < 4.78 is 13.6. The Morgan fingerprint density at radius 1 is 1.50 bits per heavy atom. The van der Waals surface area contributed by atoms with Gasteiger partial charge in [-0.3, -0.25) is 0 Å². The molecule has 90 valence electrons. The Kier molecular flexibility index (Phi) is 5.19. The Balaban J connectivity index is 2.86. The van der Waals surface area contributed by atoms with Crippen LogP contribution in [0.5, 0.6) is 0 Å². The highest BCUT2D eigenvalue weighted by Crippen LogP contribution is 2.27. The van der Waals surface area contributed by atoms with Gasteiger partial charge in [-0.15, -0.1) is 0 Å². The zero-order chi connectivity index (χ0) is 12.1. The number of nitrogens with one attached hydrogen (secondary N) is 1. The van der Waals surface area contributed by atoms with Crippen LogP contribution in [-0.2, 0) is 0 Å². The Labute approximate surface area is 100 Å². The molecular formula is C12H17ClFNO. The molecule has 0 aromatic heterocycles. The van der Waals surface area contributed by atoms with Crippen LogP contribution in [0.2, 0.25) is 5.02 Å². The minimum atomic E-state index is -0.459. The topological polar surface area (TPSA) is 32.3 Å². The smallest absolute Gasteiger partial charge is 0.129 e. The normalized spacial score (nSPS) is 14.8. The second-order valence-electron chi connectivity index (χ2n) is 3.85. The van der Waals surface area contributed by atoms with Crippen molar-refractivity contribution in [2.45, 2.75) is 32.4 Å². The molecule has 0 heterocycles. The van der Waals surface area contributed by atoms with Gasteiger partial charge in [0.2, 0.25) is 0 Å². The van der Waals surface area contributed by atoms with Crippen LogP contribution < -0.4 is 5.32 Å². The zero-order valence-electron chi connectivity index (χ0n) is 9.50. The molecule has 0 aliphatic heterocycles. The highest BCUT2D eigenvalue weighted by molar-refractivity contribution is 6.31. The van der Waals surface area contributed by atoms with Crippen molar-refractivity contribution in [2.24, 2.45) is 0 Å². The third-order valence-corrected chi connectivity index (χ3v) is 2.75. The predicted molar refractivity (Wildman–Crippen MR) is 64.1 cm³/mol. The molecule has 1 rings (SSSR count). The monoisotopic (exact) mass is 245 g/mol. The molecule has 4 heteroatoms. The van der Waals surface area contributed by atoms with Crippen LogP contribution in [0.15, 0.2) is 18.2 Å². The molecule has 0 amide bonds. The van der Waals surface area contributed by atoms with E-state index in [2.05, 4.69) is 5.32 Å². The summed E-state index contributed by atoms with van der Waals surface area (Å²) in [6, 6.07) is 4.49. The van der Waals surface area contributed by atoms with Gasteiger partial charge < -0.3 is 10.4 Å². The first-order valence-electron chi connectivity index (χ1n) is 5.41. The summed E-state index contributed by atoms with van der Waals surface area (Å²) in [7, 11) is 0. The van der Waals surface area contributed by atoms with E-state index in [0.717, 1.165) is 0 Å². The first-order chi connectivity index (χ1) is 7.56. The minimum absolute atomic E-state index is 0.164. The highest BCUT2D eigenvalue weighted by Gasteiger charge is 2.17. The summed E-state index contributed by atoms with van der Waals surface area (Å²) in [5.74, 6) is -0.308. The number of hydrogen-bond donors (Lipinski definition) is 2. The maximum absolute atomic E-state index is 13.6. The van der Waals surface area contributed by atoms with Gasteiger partial charge in [0.15, 0.2) is 0 Å². The van der Waals surface area contributed by atoms with E-state index in [-0.39, 0.29) is 11.9 Å². The molecule has 0 fully saturated rings. The number of aliphatic hydroxyl groups excluding tert-OH is 1. The highest BCUT2D eigenvalue weighted by atomic mass is 35.5. The fourth-order valence-corrected chi connectivity index (χ4v) is 1.90. The number of hydrogen-bond acceptors (Lipinski definition) is 2. The standard InChI is InChI=1S/C12H17ClFNO/c1-3-11(15-7-8(2)16)12-9(13)5-4-6-10(12)14/h4-6,8,11,15-16H,3,7H2,1-2H3. The van der Waals surface area contributed by atoms with E-state index >= 15 is 0 Å². The lowest BCUT2D eigenvalue weighted by molar-refractivity contribution is 0.185. The average Bonchev–Trinajstić information content (AvgIpc) is 2.22. The van der Waals surface area contributed by atoms with Gasteiger partial charge >= 0.3 is 0 Å². The second kappa shape index (κ2) is 6.18. The summed E-state index contributed by atoms with van der Waals surface area (Å²) in [5.41, 5.74) is 0.479. The quantitative estimate of drug-likeness (QED) is 0.836. The lowest BCUT2D eigenvalue weighted by Crippen LogP contribution is -2.29. The molecule has 2 atom stereocenters. The third-order valence-electron chi connectivity index (χ3n) is 2.42. The lowest BCUT2D eigenvalue weighted by Gasteiger charge is -2.20. The van der Waals surface area contributed by atoms with Gasteiger partial charge in [-0.2, -0.15) is 0 Å². The van der Waals surface area contributed by atoms with Crippen LogP contribution in [0.1, 0.15) is 31.9 Å². The van der Waals surface area contributed by atoms with E-state index in [9.17, 15) is 9.50 Å². The molecule has 1 aromatic carbocycles. The number of benzene rings is 1. The Bertz CT molecular complexity index is 324. The zero-order valence-corrected chi connectivity index (χ0v) is 10.3. The van der Waals surface area contributed by atoms with E-state index in [1.54, 1.807) is 19.1 Å². The van der Waals surface area contributed by atoms with E-state index in [0.29, 0.717) is 23.6 Å². The fourth-order valence-electron chi connectivity index (χ4n) is 1.61. The molecule has 0 saturated heterocycles. The molecule has 2 unspecified atom stereocenters. The molecule has 0 aliphatic carbocycles. The van der Waals surface area contributed by atoms with Gasteiger partial charge in [0.05, 0.1) is 6.10 Å². The molecule has 0 aliphatic rings. The van der Waals surface area contributed by atoms with Crippen LogP contribution in [0.4, 0.5) is 4.39 Å². The van der Waals surface area contributed by atoms with Crippen molar-refractivity contribution in [1.82, 2.24) is 5.32 Å². The predicted octanol–water partition coefficient (Wildman–Crippen LogP) is 2.90. The van der Waals surface area contributed by atoms with Crippen LogP contribution in [-0.4, -0.2) is 17.8 Å². The van der Waals surface area contributed by atoms with Gasteiger partial charge in [0.1, 0.15) is 5.82 Å². The molecule has 2 N–H and O–H groups in total. The molecule has 2 nitrogen and oxygen atoms in total. The maximum Gasteiger partial charge on any atom is 0.129 e. The second-order valence-corrected chi connectivity index (χ2v) is 4.26. The van der Waals surface area contributed by atoms with E-state index in [1.165, 1.54) is 6.07 Å². The maximum atomic E-state index is 13.6. The van der Waals surface area contributed by atoms with Crippen LogP contribution >= 0.6 is 11.6 Å². The summed E-state index contributed by atoms with van der Waals surface area (Å²) in [4.78, 5) is 0. The fraction of sp³-hybridized carbons (Fsp3) is 0.500. The third kappa shape index (κ3) is 3.44. The Hall–Kier alpha value is -0.640. The van der Waals surface area contributed by atoms with Crippen molar-refractivity contribution in [1.29, 1.82) is 0 Å². The van der Waals surface area contributed by atoms with Gasteiger partial charge in [0.25, 0.3) is 0 Å². The van der Waals surface area contributed by atoms with Crippen LogP contribution in [0.3, 0.4) is 0 Å². The van der Waals surface area contributed by atoms with Crippen LogP contribution in [0.25, 0.3) is 0 Å². The van der Waals surface area contributed by atoms with E-state index in [4.69, 9.17) is 11.6 Å². The average molecular weight is 246 g/mol. The summed E-state index contributed by atoms with van der Waals surface area (Å²) >= 11 is 5.98. The van der Waals surface area contributed by atoms with E-state index < -0.39 is 6.10 Å². The minimum Gasteiger partial charge on any atom is -0.392 e. The first kappa shape index (κ1) is 13.4.